The van der Waals surface area contributed by atoms with E-state index in [9.17, 15) is 4.79 Å². The van der Waals surface area contributed by atoms with Crippen LogP contribution in [0.3, 0.4) is 0 Å². The first-order chi connectivity index (χ1) is 8.67. The SMILES string of the molecule is CCC(C)CN1C(=O)C(CC)NC1c1ccsc1. The molecule has 3 nitrogen and oxygen atoms in total. The molecule has 2 rings (SSSR count). The van der Waals surface area contributed by atoms with E-state index in [2.05, 4.69) is 42.9 Å². The number of carbonyl (C=O) groups is 1. The van der Waals surface area contributed by atoms with Crippen molar-refractivity contribution in [1.82, 2.24) is 10.2 Å². The average molecular weight is 266 g/mol. The van der Waals surface area contributed by atoms with Gasteiger partial charge < -0.3 is 4.90 Å². The van der Waals surface area contributed by atoms with Crippen molar-refractivity contribution >= 4 is 17.2 Å². The van der Waals surface area contributed by atoms with Crippen LogP contribution >= 0.6 is 11.3 Å². The van der Waals surface area contributed by atoms with Crippen LogP contribution in [0, 0.1) is 5.92 Å². The lowest BCUT2D eigenvalue weighted by atomic mass is 10.1. The van der Waals surface area contributed by atoms with Crippen molar-refractivity contribution < 1.29 is 4.79 Å². The highest BCUT2D eigenvalue weighted by Crippen LogP contribution is 2.29. The van der Waals surface area contributed by atoms with Gasteiger partial charge in [0.05, 0.1) is 6.04 Å². The second-order valence-corrected chi connectivity index (χ2v) is 5.87. The van der Waals surface area contributed by atoms with Crippen molar-refractivity contribution in [3.63, 3.8) is 0 Å². The van der Waals surface area contributed by atoms with E-state index in [1.165, 1.54) is 5.56 Å². The predicted octanol–water partition coefficient (Wildman–Crippen LogP) is 3.00. The van der Waals surface area contributed by atoms with Gasteiger partial charge in [0, 0.05) is 6.54 Å². The molecule has 1 saturated heterocycles. The molecular formula is C14H22N2OS. The predicted molar refractivity (Wildman–Crippen MR) is 75.4 cm³/mol. The zero-order chi connectivity index (χ0) is 13.1. The first kappa shape index (κ1) is 13.6. The molecule has 2 heterocycles. The van der Waals surface area contributed by atoms with Crippen LogP contribution < -0.4 is 5.32 Å². The fourth-order valence-electron chi connectivity index (χ4n) is 2.34. The van der Waals surface area contributed by atoms with E-state index in [4.69, 9.17) is 0 Å². The summed E-state index contributed by atoms with van der Waals surface area (Å²) in [5, 5.41) is 7.66. The van der Waals surface area contributed by atoms with Gasteiger partial charge in [0.25, 0.3) is 0 Å². The van der Waals surface area contributed by atoms with Crippen LogP contribution in [0.4, 0.5) is 0 Å². The molecule has 1 N–H and O–H groups in total. The number of rotatable bonds is 5. The minimum Gasteiger partial charge on any atom is -0.321 e. The van der Waals surface area contributed by atoms with Crippen LogP contribution in [0.25, 0.3) is 0 Å². The van der Waals surface area contributed by atoms with Gasteiger partial charge in [-0.05, 0) is 34.7 Å². The van der Waals surface area contributed by atoms with Crippen molar-refractivity contribution in [3.8, 4) is 0 Å². The molecule has 3 atom stereocenters. The summed E-state index contributed by atoms with van der Waals surface area (Å²) in [6, 6.07) is 2.09. The van der Waals surface area contributed by atoms with E-state index < -0.39 is 0 Å². The van der Waals surface area contributed by atoms with Gasteiger partial charge in [-0.25, -0.2) is 0 Å². The Morgan fingerprint density at radius 2 is 2.28 bits per heavy atom. The zero-order valence-electron chi connectivity index (χ0n) is 11.3. The number of hydrogen-bond donors (Lipinski definition) is 1. The van der Waals surface area contributed by atoms with Crippen LogP contribution in [-0.2, 0) is 4.79 Å². The van der Waals surface area contributed by atoms with Crippen molar-refractivity contribution in [2.24, 2.45) is 5.92 Å². The molecule has 0 saturated carbocycles. The lowest BCUT2D eigenvalue weighted by Crippen LogP contribution is -2.34. The number of thiophene rings is 1. The molecule has 1 aromatic rings. The molecule has 0 aromatic carbocycles. The van der Waals surface area contributed by atoms with Gasteiger partial charge in [-0.3, -0.25) is 10.1 Å². The molecule has 1 aliphatic heterocycles. The maximum absolute atomic E-state index is 12.4. The Balaban J connectivity index is 2.18. The Morgan fingerprint density at radius 3 is 2.83 bits per heavy atom. The van der Waals surface area contributed by atoms with Gasteiger partial charge in [-0.15, -0.1) is 0 Å². The third kappa shape index (κ3) is 2.59. The smallest absolute Gasteiger partial charge is 0.241 e. The summed E-state index contributed by atoms with van der Waals surface area (Å²) in [6.45, 7) is 7.29. The molecule has 0 radical (unpaired) electrons. The summed E-state index contributed by atoms with van der Waals surface area (Å²) in [4.78, 5) is 14.4. The third-order valence-electron chi connectivity index (χ3n) is 3.72. The Labute approximate surface area is 113 Å². The van der Waals surface area contributed by atoms with E-state index in [-0.39, 0.29) is 18.1 Å². The van der Waals surface area contributed by atoms with Crippen molar-refractivity contribution in [2.75, 3.05) is 6.54 Å². The van der Waals surface area contributed by atoms with E-state index >= 15 is 0 Å². The summed E-state index contributed by atoms with van der Waals surface area (Å²) in [5.41, 5.74) is 1.22. The number of carbonyl (C=O) groups excluding carboxylic acids is 1. The van der Waals surface area contributed by atoms with E-state index in [0.29, 0.717) is 5.92 Å². The van der Waals surface area contributed by atoms with Gasteiger partial charge in [0.2, 0.25) is 5.91 Å². The number of hydrogen-bond acceptors (Lipinski definition) is 3. The van der Waals surface area contributed by atoms with E-state index in [1.807, 2.05) is 4.90 Å². The van der Waals surface area contributed by atoms with E-state index in [0.717, 1.165) is 19.4 Å². The Morgan fingerprint density at radius 1 is 1.50 bits per heavy atom. The highest BCUT2D eigenvalue weighted by atomic mass is 32.1. The second-order valence-electron chi connectivity index (χ2n) is 5.09. The van der Waals surface area contributed by atoms with Crippen LogP contribution in [0.2, 0.25) is 0 Å². The maximum Gasteiger partial charge on any atom is 0.241 e. The normalized spacial score (nSPS) is 25.7. The van der Waals surface area contributed by atoms with Gasteiger partial charge in [0.15, 0.2) is 0 Å². The molecule has 1 fully saturated rings. The molecule has 1 aliphatic rings. The summed E-state index contributed by atoms with van der Waals surface area (Å²) in [7, 11) is 0. The van der Waals surface area contributed by atoms with Crippen molar-refractivity contribution in [2.45, 2.75) is 45.8 Å². The first-order valence-corrected chi connectivity index (χ1v) is 7.70. The molecule has 3 unspecified atom stereocenters. The third-order valence-corrected chi connectivity index (χ3v) is 4.43. The molecule has 4 heteroatoms. The van der Waals surface area contributed by atoms with Crippen molar-refractivity contribution in [1.29, 1.82) is 0 Å². The van der Waals surface area contributed by atoms with Gasteiger partial charge in [-0.1, -0.05) is 27.2 Å². The first-order valence-electron chi connectivity index (χ1n) is 6.76. The summed E-state index contributed by atoms with van der Waals surface area (Å²) < 4.78 is 0. The standard InChI is InChI=1S/C14H22N2OS/c1-4-10(3)8-16-13(11-6-7-18-9-11)15-12(5-2)14(16)17/h6-7,9-10,12-13,15H,4-5,8H2,1-3H3. The number of nitrogens with one attached hydrogen (secondary N) is 1. The van der Waals surface area contributed by atoms with Crippen LogP contribution in [0.5, 0.6) is 0 Å². The van der Waals surface area contributed by atoms with Crippen LogP contribution in [-0.4, -0.2) is 23.4 Å². The Kier molecular flexibility index (Phi) is 4.40. The second kappa shape index (κ2) is 5.85. The minimum absolute atomic E-state index is 0.0149. The molecule has 18 heavy (non-hydrogen) atoms. The highest BCUT2D eigenvalue weighted by molar-refractivity contribution is 7.07. The Bertz CT molecular complexity index is 391. The fourth-order valence-corrected chi connectivity index (χ4v) is 3.02. The van der Waals surface area contributed by atoms with Crippen LogP contribution in [0.1, 0.15) is 45.3 Å². The summed E-state index contributed by atoms with van der Waals surface area (Å²) in [6.07, 6.45) is 2.04. The largest absolute Gasteiger partial charge is 0.321 e. The zero-order valence-corrected chi connectivity index (χ0v) is 12.2. The van der Waals surface area contributed by atoms with Crippen LogP contribution in [0.15, 0.2) is 16.8 Å². The maximum atomic E-state index is 12.4. The molecule has 1 amide bonds. The quantitative estimate of drug-likeness (QED) is 0.888. The summed E-state index contributed by atoms with van der Waals surface area (Å²) >= 11 is 1.69. The fraction of sp³-hybridized carbons (Fsp3) is 0.643. The van der Waals surface area contributed by atoms with Gasteiger partial charge in [-0.2, -0.15) is 11.3 Å². The lowest BCUT2D eigenvalue weighted by Gasteiger charge is -2.26. The monoisotopic (exact) mass is 266 g/mol. The molecular weight excluding hydrogens is 244 g/mol. The molecule has 100 valence electrons. The molecule has 0 bridgehead atoms. The van der Waals surface area contributed by atoms with Gasteiger partial charge in [0.1, 0.15) is 6.17 Å². The molecule has 1 aromatic heterocycles. The minimum atomic E-state index is -0.0149. The van der Waals surface area contributed by atoms with Gasteiger partial charge >= 0.3 is 0 Å². The highest BCUT2D eigenvalue weighted by Gasteiger charge is 2.38. The Hall–Kier alpha value is -0.870. The molecule has 0 spiro atoms. The lowest BCUT2D eigenvalue weighted by molar-refractivity contribution is -0.130. The molecule has 0 aliphatic carbocycles. The number of amides is 1. The summed E-state index contributed by atoms with van der Waals surface area (Å²) in [5.74, 6) is 0.807. The number of nitrogens with zero attached hydrogens (tertiary/aromatic N) is 1. The average Bonchev–Trinajstić information content (AvgIpc) is 2.99. The van der Waals surface area contributed by atoms with Crippen molar-refractivity contribution in [3.05, 3.63) is 22.4 Å². The topological polar surface area (TPSA) is 32.3 Å². The van der Waals surface area contributed by atoms with E-state index in [1.54, 1.807) is 11.3 Å².